The predicted octanol–water partition coefficient (Wildman–Crippen LogP) is 4.93. The third-order valence-corrected chi connectivity index (χ3v) is 5.17. The lowest BCUT2D eigenvalue weighted by molar-refractivity contribution is -0.162. The summed E-state index contributed by atoms with van der Waals surface area (Å²) in [5.74, 6) is 3.21. The first kappa shape index (κ1) is 21.7. The quantitative estimate of drug-likeness (QED) is 0.236. The molecule has 0 amide bonds. The molecule has 3 heteroatoms. The van der Waals surface area contributed by atoms with E-state index in [2.05, 4.69) is 11.5 Å². The van der Waals surface area contributed by atoms with Gasteiger partial charge in [0.25, 0.3) is 0 Å². The summed E-state index contributed by atoms with van der Waals surface area (Å²) < 4.78 is 11.3. The molecule has 1 atom stereocenters. The fourth-order valence-corrected chi connectivity index (χ4v) is 3.52. The van der Waals surface area contributed by atoms with Crippen molar-refractivity contribution in [3.05, 3.63) is 0 Å². The van der Waals surface area contributed by atoms with Crippen LogP contribution < -0.4 is 0 Å². The zero-order valence-electron chi connectivity index (χ0n) is 16.1. The van der Waals surface area contributed by atoms with Gasteiger partial charge in [-0.15, -0.1) is 11.5 Å². The molecule has 0 aliphatic carbocycles. The number of rotatable bonds is 15. The maximum atomic E-state index is 5.77. The Bertz CT molecular complexity index is 316. The average Bonchev–Trinajstić information content (AvgIpc) is 2.62. The van der Waals surface area contributed by atoms with Crippen molar-refractivity contribution in [2.45, 2.75) is 109 Å². The summed E-state index contributed by atoms with van der Waals surface area (Å²) >= 11 is 0. The van der Waals surface area contributed by atoms with E-state index in [1.807, 2.05) is 0 Å². The molecule has 0 aromatic heterocycles. The van der Waals surface area contributed by atoms with E-state index in [0.717, 1.165) is 36.3 Å². The van der Waals surface area contributed by atoms with Crippen LogP contribution in [0.1, 0.15) is 103 Å². The minimum absolute atomic E-state index is 0.0972. The van der Waals surface area contributed by atoms with E-state index in [4.69, 9.17) is 9.47 Å². The summed E-state index contributed by atoms with van der Waals surface area (Å²) in [7, 11) is 1.04. The molecule has 0 aromatic rings. The molecule has 1 heterocycles. The van der Waals surface area contributed by atoms with Gasteiger partial charge in [-0.3, -0.25) is 0 Å². The Kier molecular flexibility index (Phi) is 15.9. The van der Waals surface area contributed by atoms with Crippen molar-refractivity contribution in [2.75, 3.05) is 13.2 Å². The standard InChI is InChI=1S/C21H40O2Si/c24-20-16-12-10-8-6-4-2-1-3-5-7-9-11-14-18-22-21-17-13-15-19-23-21/h21H,1-15,17-19H2,24H3. The molecule has 1 aliphatic rings. The van der Waals surface area contributed by atoms with Crippen molar-refractivity contribution < 1.29 is 9.47 Å². The molecule has 1 unspecified atom stereocenters. The van der Waals surface area contributed by atoms with Gasteiger partial charge in [-0.1, -0.05) is 64.2 Å². The molecule has 0 bridgehead atoms. The Morgan fingerprint density at radius 3 is 1.92 bits per heavy atom. The highest BCUT2D eigenvalue weighted by Crippen LogP contribution is 2.15. The largest absolute Gasteiger partial charge is 0.353 e. The minimum Gasteiger partial charge on any atom is -0.353 e. The smallest absolute Gasteiger partial charge is 0.157 e. The maximum Gasteiger partial charge on any atom is 0.157 e. The number of hydrogen-bond donors (Lipinski definition) is 0. The van der Waals surface area contributed by atoms with Gasteiger partial charge in [-0.05, 0) is 32.1 Å². The second kappa shape index (κ2) is 17.5. The first-order valence-electron chi connectivity index (χ1n) is 10.6. The van der Waals surface area contributed by atoms with Crippen LogP contribution in [-0.4, -0.2) is 29.7 Å². The van der Waals surface area contributed by atoms with Gasteiger partial charge in [0.2, 0.25) is 0 Å². The molecule has 0 aromatic carbocycles. The van der Waals surface area contributed by atoms with Crippen LogP contribution in [0.3, 0.4) is 0 Å². The molecule has 1 saturated heterocycles. The SMILES string of the molecule is [SiH3]C#CCCCCCCCCCCCCCCOC1CCCCO1. The van der Waals surface area contributed by atoms with E-state index in [1.165, 1.54) is 89.9 Å². The van der Waals surface area contributed by atoms with E-state index >= 15 is 0 Å². The van der Waals surface area contributed by atoms with Gasteiger partial charge in [0.15, 0.2) is 6.29 Å². The predicted molar refractivity (Wildman–Crippen MR) is 107 cm³/mol. The van der Waals surface area contributed by atoms with E-state index < -0.39 is 0 Å². The molecule has 0 radical (unpaired) electrons. The van der Waals surface area contributed by atoms with Crippen molar-refractivity contribution in [3.63, 3.8) is 0 Å². The molecule has 0 saturated carbocycles. The molecule has 2 nitrogen and oxygen atoms in total. The topological polar surface area (TPSA) is 18.5 Å². The summed E-state index contributed by atoms with van der Waals surface area (Å²) in [6.07, 6.45) is 21.3. The second-order valence-corrected chi connectivity index (χ2v) is 7.59. The molecule has 1 fully saturated rings. The highest BCUT2D eigenvalue weighted by atomic mass is 28.1. The summed E-state index contributed by atoms with van der Waals surface area (Å²) in [4.78, 5) is 0. The lowest BCUT2D eigenvalue weighted by atomic mass is 10.0. The van der Waals surface area contributed by atoms with Crippen molar-refractivity contribution in [2.24, 2.45) is 0 Å². The monoisotopic (exact) mass is 352 g/mol. The molecule has 1 aliphatic heterocycles. The lowest BCUT2D eigenvalue weighted by Gasteiger charge is -2.22. The van der Waals surface area contributed by atoms with Gasteiger partial charge in [-0.25, -0.2) is 0 Å². The van der Waals surface area contributed by atoms with E-state index in [1.54, 1.807) is 0 Å². The summed E-state index contributed by atoms with van der Waals surface area (Å²) in [6, 6.07) is 0. The third-order valence-electron chi connectivity index (χ3n) is 4.81. The highest BCUT2D eigenvalue weighted by molar-refractivity contribution is 6.22. The van der Waals surface area contributed by atoms with Crippen LogP contribution in [0.2, 0.25) is 0 Å². The molecular weight excluding hydrogens is 312 g/mol. The molecule has 0 spiro atoms. The molecule has 140 valence electrons. The summed E-state index contributed by atoms with van der Waals surface area (Å²) in [6.45, 7) is 1.77. The Labute approximate surface area is 153 Å². The van der Waals surface area contributed by atoms with Gasteiger partial charge in [-0.2, -0.15) is 0 Å². The first-order valence-corrected chi connectivity index (χ1v) is 11.6. The van der Waals surface area contributed by atoms with E-state index in [-0.39, 0.29) is 6.29 Å². The highest BCUT2D eigenvalue weighted by Gasteiger charge is 2.13. The van der Waals surface area contributed by atoms with Crippen LogP contribution in [-0.2, 0) is 9.47 Å². The van der Waals surface area contributed by atoms with Gasteiger partial charge in [0.1, 0.15) is 0 Å². The Morgan fingerprint density at radius 1 is 0.792 bits per heavy atom. The number of unbranched alkanes of at least 4 members (excludes halogenated alkanes) is 12. The molecule has 0 N–H and O–H groups in total. The lowest BCUT2D eigenvalue weighted by Crippen LogP contribution is -2.22. The fourth-order valence-electron chi connectivity index (χ4n) is 3.27. The van der Waals surface area contributed by atoms with Crippen LogP contribution in [0.5, 0.6) is 0 Å². The van der Waals surface area contributed by atoms with Crippen LogP contribution in [0.4, 0.5) is 0 Å². The van der Waals surface area contributed by atoms with Crippen LogP contribution in [0, 0.1) is 11.5 Å². The van der Waals surface area contributed by atoms with Crippen LogP contribution in [0.15, 0.2) is 0 Å². The van der Waals surface area contributed by atoms with Crippen LogP contribution in [0.25, 0.3) is 0 Å². The Hall–Kier alpha value is -0.303. The first-order chi connectivity index (χ1) is 11.9. The molecule has 24 heavy (non-hydrogen) atoms. The van der Waals surface area contributed by atoms with Gasteiger partial charge in [0, 0.05) is 19.6 Å². The fraction of sp³-hybridized carbons (Fsp3) is 0.905. The van der Waals surface area contributed by atoms with Crippen molar-refractivity contribution in [1.82, 2.24) is 0 Å². The van der Waals surface area contributed by atoms with Crippen molar-refractivity contribution >= 4 is 10.2 Å². The van der Waals surface area contributed by atoms with E-state index in [0.29, 0.717) is 0 Å². The average molecular weight is 353 g/mol. The minimum atomic E-state index is 0.0972. The molecule has 1 rings (SSSR count). The second-order valence-electron chi connectivity index (χ2n) is 7.09. The summed E-state index contributed by atoms with van der Waals surface area (Å²) in [5, 5.41) is 0. The van der Waals surface area contributed by atoms with Gasteiger partial charge < -0.3 is 9.47 Å². The van der Waals surface area contributed by atoms with Crippen molar-refractivity contribution in [1.29, 1.82) is 0 Å². The zero-order valence-corrected chi connectivity index (χ0v) is 18.1. The van der Waals surface area contributed by atoms with Crippen molar-refractivity contribution in [3.8, 4) is 11.5 Å². The van der Waals surface area contributed by atoms with Gasteiger partial charge in [0.05, 0.1) is 10.2 Å². The normalized spacial score (nSPS) is 17.6. The zero-order chi connectivity index (χ0) is 17.1. The van der Waals surface area contributed by atoms with Gasteiger partial charge >= 0.3 is 0 Å². The number of hydrogen-bond acceptors (Lipinski definition) is 2. The maximum absolute atomic E-state index is 5.77. The summed E-state index contributed by atoms with van der Waals surface area (Å²) in [5.41, 5.74) is 3.11. The van der Waals surface area contributed by atoms with E-state index in [9.17, 15) is 0 Å². The third kappa shape index (κ3) is 14.1. The Balaban J connectivity index is 1.68. The van der Waals surface area contributed by atoms with Crippen LogP contribution >= 0.6 is 0 Å². The number of ether oxygens (including phenoxy) is 2. The Morgan fingerprint density at radius 2 is 1.38 bits per heavy atom. The molecular formula is C21H40O2Si.